The van der Waals surface area contributed by atoms with Gasteiger partial charge >= 0.3 is 0 Å². The summed E-state index contributed by atoms with van der Waals surface area (Å²) in [5.41, 5.74) is 0.757. The number of nitrogens with zero attached hydrogens (tertiary/aromatic N) is 2. The summed E-state index contributed by atoms with van der Waals surface area (Å²) in [5.74, 6) is -0.361. The van der Waals surface area contributed by atoms with Crippen LogP contribution in [-0.2, 0) is 31.4 Å². The molecule has 168 valence electrons. The van der Waals surface area contributed by atoms with E-state index < -0.39 is 20.0 Å². The third-order valence-corrected chi connectivity index (χ3v) is 9.02. The van der Waals surface area contributed by atoms with Crippen molar-refractivity contribution >= 4 is 26.0 Å². The van der Waals surface area contributed by atoms with Crippen LogP contribution < -0.4 is 5.32 Å². The number of rotatable bonds is 8. The third kappa shape index (κ3) is 5.81. The van der Waals surface area contributed by atoms with E-state index in [1.807, 2.05) is 0 Å². The van der Waals surface area contributed by atoms with Crippen LogP contribution in [0.5, 0.6) is 0 Å². The number of sulfonamides is 2. The van der Waals surface area contributed by atoms with E-state index in [4.69, 9.17) is 0 Å². The van der Waals surface area contributed by atoms with Gasteiger partial charge in [-0.15, -0.1) is 0 Å². The average molecular weight is 458 g/mol. The SMILES string of the molecule is CS(=O)(=O)N(CC(=O)NCc1ccc(S(=O)(=O)N2CCCC2)cc1)C1CCCCC1. The maximum absolute atomic E-state index is 12.6. The average Bonchev–Trinajstić information content (AvgIpc) is 3.26. The molecule has 8 nitrogen and oxygen atoms in total. The molecule has 0 radical (unpaired) electrons. The molecule has 0 aromatic heterocycles. The molecule has 1 aliphatic carbocycles. The molecule has 3 rings (SSSR count). The van der Waals surface area contributed by atoms with Gasteiger partial charge in [0.25, 0.3) is 0 Å². The third-order valence-electron chi connectivity index (χ3n) is 5.82. The Labute approximate surface area is 179 Å². The Kier molecular flexibility index (Phi) is 7.54. The van der Waals surface area contributed by atoms with Crippen molar-refractivity contribution < 1.29 is 21.6 Å². The van der Waals surface area contributed by atoms with E-state index in [-0.39, 0.29) is 29.9 Å². The lowest BCUT2D eigenvalue weighted by Gasteiger charge is -2.31. The topological polar surface area (TPSA) is 104 Å². The number of carbonyl (C=O) groups excluding carboxylic acids is 1. The number of amides is 1. The van der Waals surface area contributed by atoms with Crippen molar-refractivity contribution in [3.63, 3.8) is 0 Å². The van der Waals surface area contributed by atoms with Gasteiger partial charge in [0.15, 0.2) is 0 Å². The Morgan fingerprint density at radius 1 is 1.00 bits per heavy atom. The quantitative estimate of drug-likeness (QED) is 0.640. The molecule has 1 amide bonds. The molecule has 1 aromatic rings. The molecule has 1 N–H and O–H groups in total. The molecule has 1 heterocycles. The fourth-order valence-corrected chi connectivity index (χ4v) is 6.76. The van der Waals surface area contributed by atoms with E-state index in [9.17, 15) is 21.6 Å². The lowest BCUT2D eigenvalue weighted by Crippen LogP contribution is -2.46. The molecule has 0 unspecified atom stereocenters. The van der Waals surface area contributed by atoms with Gasteiger partial charge in [-0.3, -0.25) is 4.79 Å². The fraction of sp³-hybridized carbons (Fsp3) is 0.650. The molecule has 0 bridgehead atoms. The maximum atomic E-state index is 12.6. The van der Waals surface area contributed by atoms with Crippen LogP contribution in [0.25, 0.3) is 0 Å². The zero-order chi connectivity index (χ0) is 21.8. The summed E-state index contributed by atoms with van der Waals surface area (Å²) in [7, 11) is -6.93. The predicted molar refractivity (Wildman–Crippen MR) is 115 cm³/mol. The summed E-state index contributed by atoms with van der Waals surface area (Å²) >= 11 is 0. The highest BCUT2D eigenvalue weighted by Gasteiger charge is 2.30. The van der Waals surface area contributed by atoms with E-state index in [0.29, 0.717) is 13.1 Å². The zero-order valence-electron chi connectivity index (χ0n) is 17.4. The minimum atomic E-state index is -3.47. The smallest absolute Gasteiger partial charge is 0.243 e. The van der Waals surface area contributed by atoms with Crippen LogP contribution in [0.15, 0.2) is 29.2 Å². The molecular weight excluding hydrogens is 426 g/mol. The number of hydrogen-bond donors (Lipinski definition) is 1. The minimum Gasteiger partial charge on any atom is -0.351 e. The Hall–Kier alpha value is -1.49. The van der Waals surface area contributed by atoms with Crippen molar-refractivity contribution in [1.29, 1.82) is 0 Å². The van der Waals surface area contributed by atoms with Gasteiger partial charge in [0.05, 0.1) is 17.7 Å². The Morgan fingerprint density at radius 2 is 1.60 bits per heavy atom. The summed E-state index contributed by atoms with van der Waals surface area (Å²) in [4.78, 5) is 12.6. The highest BCUT2D eigenvalue weighted by atomic mass is 32.2. The molecule has 1 aromatic carbocycles. The number of hydrogen-bond acceptors (Lipinski definition) is 5. The van der Waals surface area contributed by atoms with Gasteiger partial charge in [0, 0.05) is 25.7 Å². The van der Waals surface area contributed by atoms with Crippen molar-refractivity contribution in [3.8, 4) is 0 Å². The van der Waals surface area contributed by atoms with Crippen LogP contribution in [0, 0.1) is 0 Å². The zero-order valence-corrected chi connectivity index (χ0v) is 19.1. The second kappa shape index (κ2) is 9.76. The molecule has 2 fully saturated rings. The van der Waals surface area contributed by atoms with Crippen molar-refractivity contribution in [3.05, 3.63) is 29.8 Å². The molecule has 0 spiro atoms. The van der Waals surface area contributed by atoms with Gasteiger partial charge in [-0.2, -0.15) is 8.61 Å². The predicted octanol–water partition coefficient (Wildman–Crippen LogP) is 1.68. The van der Waals surface area contributed by atoms with Crippen molar-refractivity contribution in [2.24, 2.45) is 0 Å². The molecule has 10 heteroatoms. The monoisotopic (exact) mass is 457 g/mol. The Balaban J connectivity index is 1.57. The summed E-state index contributed by atoms with van der Waals surface area (Å²) in [6.45, 7) is 1.13. The lowest BCUT2D eigenvalue weighted by atomic mass is 9.95. The fourth-order valence-electron chi connectivity index (χ4n) is 4.14. The van der Waals surface area contributed by atoms with Crippen LogP contribution in [0.2, 0.25) is 0 Å². The highest BCUT2D eigenvalue weighted by Crippen LogP contribution is 2.24. The minimum absolute atomic E-state index is 0.116. The lowest BCUT2D eigenvalue weighted by molar-refractivity contribution is -0.121. The van der Waals surface area contributed by atoms with Gasteiger partial charge in [0.1, 0.15) is 0 Å². The first-order chi connectivity index (χ1) is 14.2. The number of nitrogens with one attached hydrogen (secondary N) is 1. The summed E-state index contributed by atoms with van der Waals surface area (Å²) < 4.78 is 52.3. The highest BCUT2D eigenvalue weighted by molar-refractivity contribution is 7.89. The van der Waals surface area contributed by atoms with Gasteiger partial charge in [-0.1, -0.05) is 31.4 Å². The van der Waals surface area contributed by atoms with Crippen molar-refractivity contribution in [2.45, 2.75) is 62.4 Å². The maximum Gasteiger partial charge on any atom is 0.243 e. The number of carbonyl (C=O) groups is 1. The van der Waals surface area contributed by atoms with E-state index in [0.717, 1.165) is 56.8 Å². The van der Waals surface area contributed by atoms with E-state index in [2.05, 4.69) is 5.32 Å². The first-order valence-corrected chi connectivity index (χ1v) is 13.8. The molecule has 0 atom stereocenters. The van der Waals surface area contributed by atoms with Crippen LogP contribution in [0.3, 0.4) is 0 Å². The largest absolute Gasteiger partial charge is 0.351 e. The van der Waals surface area contributed by atoms with E-state index in [1.54, 1.807) is 24.3 Å². The number of benzene rings is 1. The van der Waals surface area contributed by atoms with Gasteiger partial charge < -0.3 is 5.32 Å². The van der Waals surface area contributed by atoms with E-state index in [1.165, 1.54) is 8.61 Å². The molecule has 2 aliphatic rings. The van der Waals surface area contributed by atoms with Gasteiger partial charge in [-0.05, 0) is 43.4 Å². The van der Waals surface area contributed by atoms with E-state index >= 15 is 0 Å². The summed E-state index contributed by atoms with van der Waals surface area (Å²) in [5, 5.41) is 2.75. The summed E-state index contributed by atoms with van der Waals surface area (Å²) in [6.07, 6.45) is 7.54. The molecule has 1 aliphatic heterocycles. The molecular formula is C20H31N3O5S2. The normalized spacial score (nSPS) is 19.3. The van der Waals surface area contributed by atoms with Crippen LogP contribution in [0.1, 0.15) is 50.5 Å². The Morgan fingerprint density at radius 3 is 2.17 bits per heavy atom. The first-order valence-electron chi connectivity index (χ1n) is 10.5. The molecule has 1 saturated heterocycles. The van der Waals surface area contributed by atoms with Gasteiger partial charge in [0.2, 0.25) is 26.0 Å². The van der Waals surface area contributed by atoms with Crippen LogP contribution in [0.4, 0.5) is 0 Å². The van der Waals surface area contributed by atoms with Crippen molar-refractivity contribution in [1.82, 2.24) is 13.9 Å². The van der Waals surface area contributed by atoms with Gasteiger partial charge in [-0.25, -0.2) is 16.8 Å². The van der Waals surface area contributed by atoms with Crippen LogP contribution in [-0.4, -0.2) is 63.3 Å². The Bertz CT molecular complexity index is 933. The second-order valence-electron chi connectivity index (χ2n) is 8.13. The second-order valence-corrected chi connectivity index (χ2v) is 12.0. The van der Waals surface area contributed by atoms with Crippen LogP contribution >= 0.6 is 0 Å². The molecule has 1 saturated carbocycles. The standard InChI is InChI=1S/C20H31N3O5S2/c1-29(25,26)23(18-7-3-2-4-8-18)16-20(24)21-15-17-9-11-19(12-10-17)30(27,28)22-13-5-6-14-22/h9-12,18H,2-8,13-16H2,1H3,(H,21,24). The first kappa shape index (κ1) is 23.2. The van der Waals surface area contributed by atoms with Crippen molar-refractivity contribution in [2.75, 3.05) is 25.9 Å². The summed E-state index contributed by atoms with van der Waals surface area (Å²) in [6, 6.07) is 6.35. The molecule has 30 heavy (non-hydrogen) atoms.